The van der Waals surface area contributed by atoms with Crippen molar-refractivity contribution in [3.63, 3.8) is 0 Å². The summed E-state index contributed by atoms with van der Waals surface area (Å²) in [6, 6.07) is 6.22. The first-order valence-electron chi connectivity index (χ1n) is 6.90. The van der Waals surface area contributed by atoms with Gasteiger partial charge in [-0.05, 0) is 37.0 Å². The number of benzene rings is 1. The fourth-order valence-corrected chi connectivity index (χ4v) is 4.09. The number of hydrogen-bond acceptors (Lipinski definition) is 3. The van der Waals surface area contributed by atoms with Crippen LogP contribution in [0.3, 0.4) is 0 Å². The maximum Gasteiger partial charge on any atom is 0.311 e. The van der Waals surface area contributed by atoms with Crippen molar-refractivity contribution in [3.8, 4) is 0 Å². The van der Waals surface area contributed by atoms with E-state index in [9.17, 15) is 18.3 Å². The van der Waals surface area contributed by atoms with Gasteiger partial charge in [0.15, 0.2) is 0 Å². The highest BCUT2D eigenvalue weighted by Crippen LogP contribution is 2.26. The molecule has 2 rings (SSSR count). The van der Waals surface area contributed by atoms with Gasteiger partial charge < -0.3 is 5.11 Å². The maximum atomic E-state index is 12.5. The van der Waals surface area contributed by atoms with E-state index in [1.54, 1.807) is 12.1 Å². The van der Waals surface area contributed by atoms with Gasteiger partial charge in [0.2, 0.25) is 10.0 Å². The quantitative estimate of drug-likeness (QED) is 0.818. The minimum Gasteiger partial charge on any atom is -0.481 e. The Morgan fingerprint density at radius 3 is 2.62 bits per heavy atom. The average molecular weight is 309 g/mol. The first-order chi connectivity index (χ1) is 9.96. The zero-order chi connectivity index (χ0) is 15.5. The Morgan fingerprint density at radius 1 is 1.38 bits per heavy atom. The second-order valence-electron chi connectivity index (χ2n) is 5.10. The normalized spacial score (nSPS) is 17.5. The summed E-state index contributed by atoms with van der Waals surface area (Å²) in [4.78, 5) is 11.5. The molecule has 0 bridgehead atoms. The largest absolute Gasteiger partial charge is 0.481 e. The average Bonchev–Trinajstić information content (AvgIpc) is 2.99. The molecule has 0 aliphatic carbocycles. The van der Waals surface area contributed by atoms with Crippen LogP contribution in [0.15, 0.2) is 41.8 Å². The van der Waals surface area contributed by atoms with Crippen molar-refractivity contribution in [2.24, 2.45) is 0 Å². The van der Waals surface area contributed by atoms with Crippen LogP contribution in [0, 0.1) is 0 Å². The molecule has 1 aliphatic rings. The highest BCUT2D eigenvalue weighted by atomic mass is 32.2. The van der Waals surface area contributed by atoms with E-state index < -0.39 is 21.9 Å². The van der Waals surface area contributed by atoms with Crippen LogP contribution in [-0.2, 0) is 14.8 Å². The molecule has 5 nitrogen and oxygen atoms in total. The molecule has 1 aromatic carbocycles. The van der Waals surface area contributed by atoms with Gasteiger partial charge in [0, 0.05) is 13.1 Å². The van der Waals surface area contributed by atoms with Crippen molar-refractivity contribution in [2.45, 2.75) is 30.1 Å². The second kappa shape index (κ2) is 6.41. The number of rotatable bonds is 6. The number of aliphatic carboxylic acids is 1. The third kappa shape index (κ3) is 3.33. The van der Waals surface area contributed by atoms with E-state index >= 15 is 0 Å². The molecule has 1 heterocycles. The smallest absolute Gasteiger partial charge is 0.311 e. The van der Waals surface area contributed by atoms with Crippen LogP contribution < -0.4 is 0 Å². The minimum absolute atomic E-state index is 0.164. The third-order valence-corrected chi connectivity index (χ3v) is 5.56. The van der Waals surface area contributed by atoms with E-state index in [0.717, 1.165) is 12.8 Å². The van der Waals surface area contributed by atoms with Crippen molar-refractivity contribution in [1.82, 2.24) is 4.31 Å². The molecule has 0 radical (unpaired) electrons. The number of carbonyl (C=O) groups is 1. The van der Waals surface area contributed by atoms with Gasteiger partial charge in [-0.25, -0.2) is 8.42 Å². The molecule has 0 spiro atoms. The number of nitrogens with zero attached hydrogens (tertiary/aromatic N) is 1. The predicted molar refractivity (Wildman–Crippen MR) is 79.6 cm³/mol. The van der Waals surface area contributed by atoms with Crippen LogP contribution in [0.5, 0.6) is 0 Å². The lowest BCUT2D eigenvalue weighted by Crippen LogP contribution is -2.28. The molecule has 1 aromatic rings. The Labute approximate surface area is 124 Å². The van der Waals surface area contributed by atoms with E-state index in [4.69, 9.17) is 0 Å². The predicted octanol–water partition coefficient (Wildman–Crippen LogP) is 2.22. The summed E-state index contributed by atoms with van der Waals surface area (Å²) in [6.45, 7) is 4.61. The molecule has 1 unspecified atom stereocenters. The Bertz CT molecular complexity index is 633. The first-order valence-corrected chi connectivity index (χ1v) is 8.34. The van der Waals surface area contributed by atoms with Crippen LogP contribution in [0.1, 0.15) is 30.7 Å². The molecule has 0 saturated carbocycles. The van der Waals surface area contributed by atoms with E-state index in [1.165, 1.54) is 22.5 Å². The van der Waals surface area contributed by atoms with Crippen molar-refractivity contribution < 1.29 is 18.3 Å². The highest BCUT2D eigenvalue weighted by Gasteiger charge is 2.28. The Hall–Kier alpha value is -1.66. The Morgan fingerprint density at radius 2 is 2.05 bits per heavy atom. The fourth-order valence-electron chi connectivity index (χ4n) is 2.52. The number of sulfonamides is 1. The number of allylic oxidation sites excluding steroid dienone is 1. The summed E-state index contributed by atoms with van der Waals surface area (Å²) in [5, 5.41) is 9.26. The topological polar surface area (TPSA) is 74.7 Å². The zero-order valence-corrected chi connectivity index (χ0v) is 12.6. The van der Waals surface area contributed by atoms with Crippen LogP contribution in [0.4, 0.5) is 0 Å². The molecular formula is C15H19NO4S. The van der Waals surface area contributed by atoms with Gasteiger partial charge in [0.1, 0.15) is 0 Å². The van der Waals surface area contributed by atoms with Crippen molar-refractivity contribution in [2.75, 3.05) is 13.1 Å². The van der Waals surface area contributed by atoms with Crippen molar-refractivity contribution >= 4 is 16.0 Å². The lowest BCUT2D eigenvalue weighted by Gasteiger charge is -2.17. The molecule has 1 N–H and O–H groups in total. The van der Waals surface area contributed by atoms with Gasteiger partial charge in [0.05, 0.1) is 10.8 Å². The monoisotopic (exact) mass is 309 g/mol. The SMILES string of the molecule is C=CCC(C(=O)O)c1cccc(S(=O)(=O)N2CCCC2)c1. The fraction of sp³-hybridized carbons (Fsp3) is 0.400. The molecule has 1 aliphatic heterocycles. The lowest BCUT2D eigenvalue weighted by molar-refractivity contribution is -0.138. The molecule has 1 atom stereocenters. The van der Waals surface area contributed by atoms with Gasteiger partial charge in [-0.1, -0.05) is 18.2 Å². The molecule has 6 heteroatoms. The van der Waals surface area contributed by atoms with Gasteiger partial charge in [-0.3, -0.25) is 4.79 Å². The number of hydrogen-bond donors (Lipinski definition) is 1. The number of carboxylic acids is 1. The molecule has 1 saturated heterocycles. The van der Waals surface area contributed by atoms with Crippen LogP contribution in [0.2, 0.25) is 0 Å². The first kappa shape index (κ1) is 15.7. The van der Waals surface area contributed by atoms with E-state index in [-0.39, 0.29) is 11.3 Å². The van der Waals surface area contributed by atoms with Gasteiger partial charge in [-0.2, -0.15) is 4.31 Å². The maximum absolute atomic E-state index is 12.5. The Balaban J connectivity index is 2.36. The van der Waals surface area contributed by atoms with Gasteiger partial charge in [0.25, 0.3) is 0 Å². The van der Waals surface area contributed by atoms with Gasteiger partial charge in [-0.15, -0.1) is 6.58 Å². The van der Waals surface area contributed by atoms with Gasteiger partial charge >= 0.3 is 5.97 Å². The molecular weight excluding hydrogens is 290 g/mol. The summed E-state index contributed by atoms with van der Waals surface area (Å²) in [5.41, 5.74) is 0.489. The summed E-state index contributed by atoms with van der Waals surface area (Å²) in [5.74, 6) is -1.75. The number of carboxylic acid groups (broad SMARTS) is 1. The highest BCUT2D eigenvalue weighted by molar-refractivity contribution is 7.89. The summed E-state index contributed by atoms with van der Waals surface area (Å²) < 4.78 is 26.4. The minimum atomic E-state index is -3.52. The molecule has 1 fully saturated rings. The van der Waals surface area contributed by atoms with Crippen LogP contribution in [-0.4, -0.2) is 36.9 Å². The second-order valence-corrected chi connectivity index (χ2v) is 7.04. The summed E-state index contributed by atoms with van der Waals surface area (Å²) in [7, 11) is -3.52. The van der Waals surface area contributed by atoms with Crippen molar-refractivity contribution in [3.05, 3.63) is 42.5 Å². The molecule has 0 amide bonds. The summed E-state index contributed by atoms with van der Waals surface area (Å²) in [6.07, 6.45) is 3.53. The van der Waals surface area contributed by atoms with Crippen LogP contribution >= 0.6 is 0 Å². The van der Waals surface area contributed by atoms with E-state index in [2.05, 4.69) is 6.58 Å². The molecule has 21 heavy (non-hydrogen) atoms. The molecule has 0 aromatic heterocycles. The van der Waals surface area contributed by atoms with E-state index in [1.807, 2.05) is 0 Å². The Kier molecular flexibility index (Phi) is 4.80. The zero-order valence-electron chi connectivity index (χ0n) is 11.7. The van der Waals surface area contributed by atoms with Crippen molar-refractivity contribution in [1.29, 1.82) is 0 Å². The van der Waals surface area contributed by atoms with E-state index in [0.29, 0.717) is 18.7 Å². The third-order valence-electron chi connectivity index (χ3n) is 3.66. The van der Waals surface area contributed by atoms with Crippen LogP contribution in [0.25, 0.3) is 0 Å². The lowest BCUT2D eigenvalue weighted by atomic mass is 9.96. The molecule has 114 valence electrons. The summed E-state index contributed by atoms with van der Waals surface area (Å²) >= 11 is 0. The standard InChI is InChI=1S/C15H19NO4S/c1-2-6-14(15(17)18)12-7-5-8-13(11-12)21(19,20)16-9-3-4-10-16/h2,5,7-8,11,14H,1,3-4,6,9-10H2,(H,17,18).